The van der Waals surface area contributed by atoms with Gasteiger partial charge in [-0.25, -0.2) is 0 Å². The van der Waals surface area contributed by atoms with Crippen LogP contribution in [0.1, 0.15) is 6.92 Å². The maximum atomic E-state index is 9.85. The molecule has 0 amide bonds. The van der Waals surface area contributed by atoms with Gasteiger partial charge in [0, 0.05) is 6.92 Å². The summed E-state index contributed by atoms with van der Waals surface area (Å²) in [6.45, 7) is 1.28. The monoisotopic (exact) mass is 121 g/mol. The normalized spacial score (nSPS) is 8.71. The molecule has 0 spiro atoms. The predicted octanol–water partition coefficient (Wildman–Crippen LogP) is 0.531. The zero-order valence-corrected chi connectivity index (χ0v) is 4.93. The van der Waals surface area contributed by atoms with E-state index in [0.29, 0.717) is 0 Å². The van der Waals surface area contributed by atoms with Crippen molar-refractivity contribution in [2.75, 3.05) is 6.35 Å². The lowest BCUT2D eigenvalue weighted by atomic mass is 10.8. The minimum atomic E-state index is -0.542. The standard InChI is InChI=1S/C3H5O3P/c1-3(4)6-2-7-5/h2H2,1H3/p+1. The van der Waals surface area contributed by atoms with Crippen LogP contribution < -0.4 is 0 Å². The smallest absolute Gasteiger partial charge is 0.365 e. The van der Waals surface area contributed by atoms with Gasteiger partial charge >= 0.3 is 14.4 Å². The molecular formula is C3H6O3P+. The molecule has 0 aromatic heterocycles. The highest BCUT2D eigenvalue weighted by Crippen LogP contribution is 1.90. The first-order valence-electron chi connectivity index (χ1n) is 1.75. The molecule has 0 aliphatic carbocycles. The molecule has 0 fully saturated rings. The third-order valence-electron chi connectivity index (χ3n) is 0.334. The number of hydrogen-bond donors (Lipinski definition) is 0. The Morgan fingerprint density at radius 1 is 1.86 bits per heavy atom. The molecule has 0 heterocycles. The van der Waals surface area contributed by atoms with Crippen LogP contribution in [0.25, 0.3) is 0 Å². The summed E-state index contributed by atoms with van der Waals surface area (Å²) < 4.78 is 13.8. The van der Waals surface area contributed by atoms with Crippen molar-refractivity contribution in [2.24, 2.45) is 0 Å². The lowest BCUT2D eigenvalue weighted by molar-refractivity contribution is -0.138. The lowest BCUT2D eigenvalue weighted by Crippen LogP contribution is -1.93. The van der Waals surface area contributed by atoms with Crippen LogP contribution in [0, 0.1) is 0 Å². The molecule has 3 nitrogen and oxygen atoms in total. The molecule has 40 valence electrons. The average molecular weight is 121 g/mol. The van der Waals surface area contributed by atoms with Gasteiger partial charge in [0.1, 0.15) is 0 Å². The Labute approximate surface area is 42.9 Å². The van der Waals surface area contributed by atoms with Crippen LogP contribution in [0.15, 0.2) is 0 Å². The van der Waals surface area contributed by atoms with Gasteiger partial charge in [-0.15, -0.1) is 0 Å². The van der Waals surface area contributed by atoms with Gasteiger partial charge in [0.2, 0.25) is 0 Å². The Kier molecular flexibility index (Phi) is 3.52. The van der Waals surface area contributed by atoms with Crippen molar-refractivity contribution in [3.05, 3.63) is 0 Å². The summed E-state index contributed by atoms with van der Waals surface area (Å²) >= 11 is 0. The highest BCUT2D eigenvalue weighted by atomic mass is 31.1. The SMILES string of the molecule is CC(=O)OC[PH+]=O. The highest BCUT2D eigenvalue weighted by molar-refractivity contribution is 7.23. The van der Waals surface area contributed by atoms with Gasteiger partial charge in [-0.1, -0.05) is 4.57 Å². The van der Waals surface area contributed by atoms with Crippen molar-refractivity contribution < 1.29 is 14.1 Å². The zero-order valence-electron chi connectivity index (χ0n) is 3.93. The molecule has 0 aliphatic rings. The van der Waals surface area contributed by atoms with Crippen molar-refractivity contribution in [2.45, 2.75) is 6.92 Å². The molecule has 0 aliphatic heterocycles. The Balaban J connectivity index is 2.97. The van der Waals surface area contributed by atoms with E-state index in [2.05, 4.69) is 4.74 Å². The van der Waals surface area contributed by atoms with Crippen molar-refractivity contribution in [3.63, 3.8) is 0 Å². The second-order valence-corrected chi connectivity index (χ2v) is 1.50. The molecule has 0 saturated heterocycles. The summed E-state index contributed by atoms with van der Waals surface area (Å²) in [5.41, 5.74) is 0. The van der Waals surface area contributed by atoms with Crippen molar-refractivity contribution in [3.8, 4) is 0 Å². The number of ether oxygens (including phenoxy) is 1. The predicted molar refractivity (Wildman–Crippen MR) is 25.6 cm³/mol. The third kappa shape index (κ3) is 5.57. The summed E-state index contributed by atoms with van der Waals surface area (Å²) in [6.07, 6.45) is 0.0231. The molecule has 1 atom stereocenters. The van der Waals surface area contributed by atoms with E-state index in [-0.39, 0.29) is 12.3 Å². The van der Waals surface area contributed by atoms with E-state index < -0.39 is 8.46 Å². The first kappa shape index (κ1) is 6.57. The molecule has 4 heteroatoms. The fourth-order valence-electron chi connectivity index (χ4n) is 0.131. The maximum absolute atomic E-state index is 9.85. The Bertz CT molecular complexity index is 80.2. The number of carbonyl (C=O) groups excluding carboxylic acids is 1. The first-order chi connectivity index (χ1) is 3.27. The topological polar surface area (TPSA) is 43.4 Å². The second-order valence-electron chi connectivity index (χ2n) is 0.925. The van der Waals surface area contributed by atoms with E-state index in [9.17, 15) is 9.36 Å². The second kappa shape index (κ2) is 3.75. The van der Waals surface area contributed by atoms with Gasteiger partial charge in [0.25, 0.3) is 6.35 Å². The highest BCUT2D eigenvalue weighted by Gasteiger charge is 1.92. The Hall–Kier alpha value is -0.430. The van der Waals surface area contributed by atoms with E-state index in [4.69, 9.17) is 0 Å². The van der Waals surface area contributed by atoms with E-state index in [0.717, 1.165) is 0 Å². The maximum Gasteiger partial charge on any atom is 0.365 e. The van der Waals surface area contributed by atoms with Crippen molar-refractivity contribution >= 4 is 14.4 Å². The van der Waals surface area contributed by atoms with Crippen LogP contribution in [-0.4, -0.2) is 12.3 Å². The number of esters is 1. The van der Waals surface area contributed by atoms with Gasteiger partial charge in [0.15, 0.2) is 0 Å². The van der Waals surface area contributed by atoms with Gasteiger partial charge in [-0.3, -0.25) is 4.79 Å². The van der Waals surface area contributed by atoms with Gasteiger partial charge < -0.3 is 4.74 Å². The van der Waals surface area contributed by atoms with Gasteiger partial charge in [-0.05, 0) is 0 Å². The molecule has 0 bridgehead atoms. The van der Waals surface area contributed by atoms with Gasteiger partial charge in [-0.2, -0.15) is 0 Å². The fourth-order valence-corrected chi connectivity index (χ4v) is 0.393. The number of hydrogen-bond acceptors (Lipinski definition) is 3. The number of rotatable bonds is 2. The summed E-state index contributed by atoms with van der Waals surface area (Å²) in [7, 11) is -0.542. The van der Waals surface area contributed by atoms with Crippen LogP contribution in [-0.2, 0) is 14.1 Å². The molecule has 1 unspecified atom stereocenters. The first-order valence-corrected chi connectivity index (χ1v) is 2.87. The van der Waals surface area contributed by atoms with Crippen LogP contribution in [0.4, 0.5) is 0 Å². The average Bonchev–Trinajstić information content (AvgIpc) is 1.61. The molecule has 0 rings (SSSR count). The molecule has 0 radical (unpaired) electrons. The van der Waals surface area contributed by atoms with Crippen molar-refractivity contribution in [1.82, 2.24) is 0 Å². The summed E-state index contributed by atoms with van der Waals surface area (Å²) in [5, 5.41) is 0. The van der Waals surface area contributed by atoms with Crippen LogP contribution in [0.2, 0.25) is 0 Å². The quantitative estimate of drug-likeness (QED) is 0.395. The minimum Gasteiger partial charge on any atom is -0.419 e. The van der Waals surface area contributed by atoms with Crippen LogP contribution in [0.5, 0.6) is 0 Å². The molecular weight excluding hydrogens is 115 g/mol. The molecule has 0 aromatic carbocycles. The Morgan fingerprint density at radius 2 is 2.43 bits per heavy atom. The largest absolute Gasteiger partial charge is 0.419 e. The van der Waals surface area contributed by atoms with Crippen molar-refractivity contribution in [1.29, 1.82) is 0 Å². The molecule has 0 N–H and O–H groups in total. The summed E-state index contributed by atoms with van der Waals surface area (Å²) in [4.78, 5) is 9.85. The van der Waals surface area contributed by atoms with E-state index in [1.807, 2.05) is 0 Å². The third-order valence-corrected chi connectivity index (χ3v) is 0.597. The zero-order chi connectivity index (χ0) is 5.70. The molecule has 0 aromatic rings. The van der Waals surface area contributed by atoms with E-state index >= 15 is 0 Å². The van der Waals surface area contributed by atoms with E-state index in [1.54, 1.807) is 0 Å². The summed E-state index contributed by atoms with van der Waals surface area (Å²) in [6, 6.07) is 0. The van der Waals surface area contributed by atoms with Crippen LogP contribution in [0.3, 0.4) is 0 Å². The fraction of sp³-hybridized carbons (Fsp3) is 0.667. The van der Waals surface area contributed by atoms with Crippen LogP contribution >= 0.6 is 8.46 Å². The minimum absolute atomic E-state index is 0.0231. The summed E-state index contributed by atoms with van der Waals surface area (Å²) in [5.74, 6) is -0.386. The number of carbonyl (C=O) groups is 1. The molecule has 0 saturated carbocycles. The Morgan fingerprint density at radius 3 is 2.57 bits per heavy atom. The molecule has 7 heavy (non-hydrogen) atoms. The van der Waals surface area contributed by atoms with E-state index in [1.165, 1.54) is 6.92 Å². The van der Waals surface area contributed by atoms with Gasteiger partial charge in [0.05, 0.1) is 0 Å². The lowest BCUT2D eigenvalue weighted by Gasteiger charge is -1.83.